The monoisotopic (exact) mass is 331 g/mol. The number of ether oxygens (including phenoxy) is 2. The van der Waals surface area contributed by atoms with Crippen LogP contribution < -0.4 is 5.43 Å². The molecule has 0 radical (unpaired) electrons. The first-order valence-corrected chi connectivity index (χ1v) is 7.76. The number of carbonyl (C=O) groups excluding carboxylic acids is 1. The summed E-state index contributed by atoms with van der Waals surface area (Å²) in [5.41, 5.74) is 0.149. The van der Waals surface area contributed by atoms with E-state index in [0.717, 1.165) is 18.9 Å². The highest BCUT2D eigenvalue weighted by Gasteiger charge is 2.28. The number of esters is 1. The van der Waals surface area contributed by atoms with E-state index in [0.29, 0.717) is 5.52 Å². The van der Waals surface area contributed by atoms with Crippen molar-refractivity contribution in [3.63, 3.8) is 0 Å². The van der Waals surface area contributed by atoms with Gasteiger partial charge >= 0.3 is 5.97 Å². The summed E-state index contributed by atoms with van der Waals surface area (Å²) in [6, 6.07) is 2.87. The fraction of sp³-hybridized carbons (Fsp3) is 0.333. The summed E-state index contributed by atoms with van der Waals surface area (Å²) < 4.78 is 26.2. The number of fused-ring (bicyclic) bond motifs is 1. The van der Waals surface area contributed by atoms with Crippen molar-refractivity contribution in [2.75, 3.05) is 13.7 Å². The lowest BCUT2D eigenvalue weighted by atomic mass is 10.1. The first kappa shape index (κ1) is 16.2. The van der Waals surface area contributed by atoms with Gasteiger partial charge in [0.1, 0.15) is 17.1 Å². The number of carbonyl (C=O) groups is 1. The standard InChI is InChI=1S/C18H18FNO4/c1-4-24-18(22)14-9-20(11-5-6-11)16-8-12(10(2)23-3)15(19)7-13(16)17(14)21/h7-9,11H,2,4-6H2,1,3H3. The zero-order valence-electron chi connectivity index (χ0n) is 13.6. The van der Waals surface area contributed by atoms with Crippen LogP contribution in [-0.2, 0) is 9.47 Å². The first-order valence-electron chi connectivity index (χ1n) is 7.76. The molecule has 1 heterocycles. The van der Waals surface area contributed by atoms with E-state index in [9.17, 15) is 14.0 Å². The maximum Gasteiger partial charge on any atom is 0.343 e. The molecule has 5 nitrogen and oxygen atoms in total. The van der Waals surface area contributed by atoms with Gasteiger partial charge in [0.2, 0.25) is 5.43 Å². The molecule has 0 N–H and O–H groups in total. The molecule has 0 spiro atoms. The van der Waals surface area contributed by atoms with Crippen molar-refractivity contribution in [2.24, 2.45) is 0 Å². The zero-order valence-corrected chi connectivity index (χ0v) is 13.6. The molecule has 126 valence electrons. The third kappa shape index (κ3) is 2.68. The van der Waals surface area contributed by atoms with Crippen LogP contribution in [-0.4, -0.2) is 24.3 Å². The minimum absolute atomic E-state index is 0.0750. The molecule has 1 saturated carbocycles. The molecular formula is C18H18FNO4. The van der Waals surface area contributed by atoms with Gasteiger partial charge < -0.3 is 14.0 Å². The van der Waals surface area contributed by atoms with Crippen molar-refractivity contribution in [3.05, 3.63) is 52.1 Å². The number of nitrogens with zero attached hydrogens (tertiary/aromatic N) is 1. The van der Waals surface area contributed by atoms with E-state index in [4.69, 9.17) is 9.47 Å². The molecule has 1 aliphatic carbocycles. The Bertz CT molecular complexity index is 896. The Labute approximate surface area is 138 Å². The van der Waals surface area contributed by atoms with Gasteiger partial charge in [-0.05, 0) is 31.9 Å². The normalized spacial score (nSPS) is 13.8. The molecule has 0 atom stereocenters. The molecule has 2 aromatic rings. The Kier molecular flexibility index (Phi) is 4.13. The van der Waals surface area contributed by atoms with E-state index < -0.39 is 17.2 Å². The number of halogens is 1. The number of methoxy groups -OCH3 is 1. The van der Waals surface area contributed by atoms with E-state index in [1.54, 1.807) is 13.0 Å². The average molecular weight is 331 g/mol. The highest BCUT2D eigenvalue weighted by molar-refractivity contribution is 5.94. The number of benzene rings is 1. The van der Waals surface area contributed by atoms with Crippen molar-refractivity contribution < 1.29 is 18.7 Å². The molecule has 1 fully saturated rings. The molecule has 1 aliphatic rings. The third-order valence-electron chi connectivity index (χ3n) is 4.10. The second kappa shape index (κ2) is 6.11. The number of hydrogen-bond donors (Lipinski definition) is 0. The van der Waals surface area contributed by atoms with E-state index in [1.165, 1.54) is 13.3 Å². The molecule has 1 aromatic heterocycles. The fourth-order valence-corrected chi connectivity index (χ4v) is 2.70. The summed E-state index contributed by atoms with van der Waals surface area (Å²) in [5.74, 6) is -1.13. The maximum absolute atomic E-state index is 14.4. The van der Waals surface area contributed by atoms with Crippen LogP contribution in [0.15, 0.2) is 29.7 Å². The largest absolute Gasteiger partial charge is 0.497 e. The van der Waals surface area contributed by atoms with Crippen molar-refractivity contribution >= 4 is 22.6 Å². The van der Waals surface area contributed by atoms with Gasteiger partial charge in [-0.2, -0.15) is 0 Å². The second-order valence-corrected chi connectivity index (χ2v) is 5.71. The van der Waals surface area contributed by atoms with E-state index in [2.05, 4.69) is 6.58 Å². The molecule has 6 heteroatoms. The molecule has 0 amide bonds. The quantitative estimate of drug-likeness (QED) is 0.623. The van der Waals surface area contributed by atoms with Gasteiger partial charge in [-0.3, -0.25) is 4.79 Å². The molecule has 0 bridgehead atoms. The zero-order chi connectivity index (χ0) is 17.4. The summed E-state index contributed by atoms with van der Waals surface area (Å²) in [6.45, 7) is 5.50. The molecule has 0 unspecified atom stereocenters. The van der Waals surface area contributed by atoms with Crippen LogP contribution in [0.2, 0.25) is 0 Å². The minimum Gasteiger partial charge on any atom is -0.497 e. The van der Waals surface area contributed by atoms with Crippen LogP contribution in [0.4, 0.5) is 4.39 Å². The van der Waals surface area contributed by atoms with Crippen LogP contribution in [0.25, 0.3) is 16.7 Å². The van der Waals surface area contributed by atoms with Gasteiger partial charge in [-0.25, -0.2) is 9.18 Å². The molecule has 1 aromatic carbocycles. The molecule has 0 aliphatic heterocycles. The fourth-order valence-electron chi connectivity index (χ4n) is 2.70. The predicted octanol–water partition coefficient (Wildman–Crippen LogP) is 3.27. The predicted molar refractivity (Wildman–Crippen MR) is 88.4 cm³/mol. The van der Waals surface area contributed by atoms with Gasteiger partial charge in [0.15, 0.2) is 0 Å². The van der Waals surface area contributed by atoms with Crippen molar-refractivity contribution in [2.45, 2.75) is 25.8 Å². The summed E-state index contributed by atoms with van der Waals surface area (Å²) in [4.78, 5) is 24.7. The highest BCUT2D eigenvalue weighted by Crippen LogP contribution is 2.37. The average Bonchev–Trinajstić information content (AvgIpc) is 3.39. The third-order valence-corrected chi connectivity index (χ3v) is 4.10. The maximum atomic E-state index is 14.4. The summed E-state index contributed by atoms with van der Waals surface area (Å²) in [6.07, 6.45) is 3.40. The van der Waals surface area contributed by atoms with Gasteiger partial charge in [0.05, 0.1) is 24.8 Å². The van der Waals surface area contributed by atoms with Crippen molar-refractivity contribution in [3.8, 4) is 0 Å². The van der Waals surface area contributed by atoms with Crippen LogP contribution in [0.5, 0.6) is 0 Å². The highest BCUT2D eigenvalue weighted by atomic mass is 19.1. The minimum atomic E-state index is -0.690. The van der Waals surface area contributed by atoms with E-state index >= 15 is 0 Å². The van der Waals surface area contributed by atoms with Crippen LogP contribution in [0.3, 0.4) is 0 Å². The van der Waals surface area contributed by atoms with Crippen molar-refractivity contribution in [1.82, 2.24) is 4.57 Å². The van der Waals surface area contributed by atoms with Crippen LogP contribution in [0, 0.1) is 5.82 Å². The number of aromatic nitrogens is 1. The number of pyridine rings is 1. The Morgan fingerprint density at radius 3 is 2.67 bits per heavy atom. The smallest absolute Gasteiger partial charge is 0.343 e. The molecule has 24 heavy (non-hydrogen) atoms. The Balaban J connectivity index is 2.30. The summed E-state index contributed by atoms with van der Waals surface area (Å²) in [5, 5.41) is 0.151. The number of rotatable bonds is 5. The van der Waals surface area contributed by atoms with Gasteiger partial charge in [-0.15, -0.1) is 0 Å². The van der Waals surface area contributed by atoms with E-state index in [1.807, 2.05) is 4.57 Å². The summed E-state index contributed by atoms with van der Waals surface area (Å²) in [7, 11) is 1.41. The molecule has 0 saturated heterocycles. The first-order chi connectivity index (χ1) is 11.5. The van der Waals surface area contributed by atoms with Crippen molar-refractivity contribution in [1.29, 1.82) is 0 Å². The Morgan fingerprint density at radius 2 is 2.08 bits per heavy atom. The Hall–Kier alpha value is -2.63. The lowest BCUT2D eigenvalue weighted by Crippen LogP contribution is -2.21. The van der Waals surface area contributed by atoms with Gasteiger partial charge in [0, 0.05) is 17.6 Å². The topological polar surface area (TPSA) is 57.5 Å². The van der Waals surface area contributed by atoms with Gasteiger partial charge in [0.25, 0.3) is 0 Å². The van der Waals surface area contributed by atoms with Crippen LogP contribution in [0.1, 0.15) is 41.7 Å². The van der Waals surface area contributed by atoms with Gasteiger partial charge in [-0.1, -0.05) is 6.58 Å². The lowest BCUT2D eigenvalue weighted by molar-refractivity contribution is 0.0524. The van der Waals surface area contributed by atoms with E-state index in [-0.39, 0.29) is 34.9 Å². The molecule has 3 rings (SSSR count). The molecular weight excluding hydrogens is 313 g/mol. The second-order valence-electron chi connectivity index (χ2n) is 5.71. The number of hydrogen-bond acceptors (Lipinski definition) is 4. The van der Waals surface area contributed by atoms with Crippen LogP contribution >= 0.6 is 0 Å². The SMILES string of the molecule is C=C(OC)c1cc2c(cc1F)c(=O)c(C(=O)OCC)cn2C1CC1. The Morgan fingerprint density at radius 1 is 1.38 bits per heavy atom. The lowest BCUT2D eigenvalue weighted by Gasteiger charge is -2.14. The summed E-state index contributed by atoms with van der Waals surface area (Å²) >= 11 is 0.